The molecule has 1 heterocycles. The van der Waals surface area contributed by atoms with Crippen molar-refractivity contribution in [1.29, 1.82) is 0 Å². The molecule has 2 atom stereocenters. The molecule has 1 aliphatic rings. The van der Waals surface area contributed by atoms with Crippen molar-refractivity contribution in [3.8, 4) is 0 Å². The van der Waals surface area contributed by atoms with Gasteiger partial charge in [-0.3, -0.25) is 4.99 Å². The molecular weight excluding hydrogens is 102 g/mol. The van der Waals surface area contributed by atoms with Crippen molar-refractivity contribution in [3.05, 3.63) is 0 Å². The van der Waals surface area contributed by atoms with Gasteiger partial charge < -0.3 is 5.43 Å². The van der Waals surface area contributed by atoms with E-state index in [9.17, 15) is 0 Å². The quantitative estimate of drug-likeness (QED) is 0.460. The molecular formula is C5H11N3. The first kappa shape index (κ1) is 5.56. The number of aliphatic imine (C=N–C) groups is 1. The average Bonchev–Trinajstić information content (AvgIpc) is 1.77. The molecule has 0 saturated heterocycles. The molecule has 0 spiro atoms. The Hall–Kier alpha value is -0.570. The fourth-order valence-corrected chi connectivity index (χ4v) is 0.573. The van der Waals surface area contributed by atoms with Crippen molar-refractivity contribution in [3.63, 3.8) is 0 Å². The fraction of sp³-hybridized carbons (Fsp3) is 0.800. The summed E-state index contributed by atoms with van der Waals surface area (Å²) in [5, 5.41) is 0. The molecule has 0 aromatic rings. The smallest absolute Gasteiger partial charge is 0.0970 e. The highest BCUT2D eigenvalue weighted by molar-refractivity contribution is 5.54. The lowest BCUT2D eigenvalue weighted by atomic mass is 10.2. The van der Waals surface area contributed by atoms with E-state index in [1.807, 2.05) is 0 Å². The van der Waals surface area contributed by atoms with Crippen LogP contribution in [0.1, 0.15) is 13.8 Å². The van der Waals surface area contributed by atoms with Gasteiger partial charge in [0.25, 0.3) is 0 Å². The highest BCUT2D eigenvalue weighted by Crippen LogP contribution is 1.96. The van der Waals surface area contributed by atoms with Crippen molar-refractivity contribution < 1.29 is 0 Å². The zero-order valence-electron chi connectivity index (χ0n) is 5.18. The molecule has 3 nitrogen and oxygen atoms in total. The second-order valence-electron chi connectivity index (χ2n) is 2.10. The average molecular weight is 113 g/mol. The third-order valence-electron chi connectivity index (χ3n) is 1.41. The summed E-state index contributed by atoms with van der Waals surface area (Å²) < 4.78 is 0. The normalized spacial score (nSPS) is 36.8. The molecule has 0 aromatic heterocycles. The summed E-state index contributed by atoms with van der Waals surface area (Å²) in [5.74, 6) is 0. The third-order valence-corrected chi connectivity index (χ3v) is 1.41. The maximum atomic E-state index is 4.11. The SMILES string of the molecule is C[C@@H]1N=CNN[C@@H]1C. The van der Waals surface area contributed by atoms with Crippen LogP contribution in [0.2, 0.25) is 0 Å². The van der Waals surface area contributed by atoms with Crippen LogP contribution in [0.3, 0.4) is 0 Å². The van der Waals surface area contributed by atoms with Crippen molar-refractivity contribution >= 4 is 6.34 Å². The van der Waals surface area contributed by atoms with E-state index in [1.54, 1.807) is 6.34 Å². The van der Waals surface area contributed by atoms with Gasteiger partial charge in [0.1, 0.15) is 0 Å². The molecule has 0 aromatic carbocycles. The Morgan fingerprint density at radius 1 is 1.50 bits per heavy atom. The molecule has 1 aliphatic heterocycles. The first-order chi connectivity index (χ1) is 3.80. The fourth-order valence-electron chi connectivity index (χ4n) is 0.573. The highest BCUT2D eigenvalue weighted by Gasteiger charge is 2.10. The van der Waals surface area contributed by atoms with Crippen molar-refractivity contribution in [2.75, 3.05) is 0 Å². The van der Waals surface area contributed by atoms with Gasteiger partial charge in [-0.1, -0.05) is 0 Å². The van der Waals surface area contributed by atoms with Gasteiger partial charge in [-0.15, -0.1) is 0 Å². The zero-order valence-corrected chi connectivity index (χ0v) is 5.18. The molecule has 1 rings (SSSR count). The lowest BCUT2D eigenvalue weighted by molar-refractivity contribution is 0.440. The predicted octanol–water partition coefficient (Wildman–Crippen LogP) is -0.101. The topological polar surface area (TPSA) is 36.4 Å². The lowest BCUT2D eigenvalue weighted by Crippen LogP contribution is -2.47. The van der Waals surface area contributed by atoms with E-state index in [0.717, 1.165) is 0 Å². The van der Waals surface area contributed by atoms with Crippen LogP contribution in [0.15, 0.2) is 4.99 Å². The van der Waals surface area contributed by atoms with E-state index >= 15 is 0 Å². The maximum Gasteiger partial charge on any atom is 0.0970 e. The number of nitrogens with zero attached hydrogens (tertiary/aromatic N) is 1. The van der Waals surface area contributed by atoms with Crippen LogP contribution in [0.25, 0.3) is 0 Å². The molecule has 0 amide bonds. The minimum absolute atomic E-state index is 0.399. The second-order valence-corrected chi connectivity index (χ2v) is 2.10. The Balaban J connectivity index is 2.47. The zero-order chi connectivity index (χ0) is 5.98. The second kappa shape index (κ2) is 2.13. The summed E-state index contributed by atoms with van der Waals surface area (Å²) in [6.45, 7) is 4.17. The monoisotopic (exact) mass is 113 g/mol. The minimum Gasteiger partial charge on any atom is -0.312 e. The molecule has 0 unspecified atom stereocenters. The number of hydrogen-bond acceptors (Lipinski definition) is 3. The number of nitrogens with one attached hydrogen (secondary N) is 2. The summed E-state index contributed by atoms with van der Waals surface area (Å²) in [5.41, 5.74) is 5.86. The van der Waals surface area contributed by atoms with Crippen LogP contribution in [-0.4, -0.2) is 18.4 Å². The summed E-state index contributed by atoms with van der Waals surface area (Å²) >= 11 is 0. The molecule has 2 N–H and O–H groups in total. The van der Waals surface area contributed by atoms with Crippen LogP contribution in [0.5, 0.6) is 0 Å². The number of hydrazine groups is 1. The molecule has 0 radical (unpaired) electrons. The summed E-state index contributed by atoms with van der Waals surface area (Å²) in [7, 11) is 0. The number of rotatable bonds is 0. The summed E-state index contributed by atoms with van der Waals surface area (Å²) in [4.78, 5) is 4.11. The Morgan fingerprint density at radius 3 is 2.62 bits per heavy atom. The van der Waals surface area contributed by atoms with Gasteiger partial charge >= 0.3 is 0 Å². The molecule has 0 saturated carbocycles. The Bertz CT molecular complexity index is 99.8. The predicted molar refractivity (Wildman–Crippen MR) is 33.7 cm³/mol. The van der Waals surface area contributed by atoms with E-state index < -0.39 is 0 Å². The van der Waals surface area contributed by atoms with Gasteiger partial charge in [-0.25, -0.2) is 5.43 Å². The third kappa shape index (κ3) is 0.980. The molecule has 8 heavy (non-hydrogen) atoms. The first-order valence-corrected chi connectivity index (χ1v) is 2.83. The van der Waals surface area contributed by atoms with E-state index in [0.29, 0.717) is 12.1 Å². The van der Waals surface area contributed by atoms with Crippen LogP contribution in [0.4, 0.5) is 0 Å². The molecule has 0 fully saturated rings. The van der Waals surface area contributed by atoms with Gasteiger partial charge in [0.2, 0.25) is 0 Å². The van der Waals surface area contributed by atoms with E-state index in [4.69, 9.17) is 0 Å². The van der Waals surface area contributed by atoms with Gasteiger partial charge in [0, 0.05) is 6.04 Å². The van der Waals surface area contributed by atoms with Crippen molar-refractivity contribution in [2.24, 2.45) is 4.99 Å². The Labute approximate surface area is 49.2 Å². The first-order valence-electron chi connectivity index (χ1n) is 2.83. The van der Waals surface area contributed by atoms with Crippen molar-refractivity contribution in [2.45, 2.75) is 25.9 Å². The lowest BCUT2D eigenvalue weighted by Gasteiger charge is -2.21. The van der Waals surface area contributed by atoms with Crippen molar-refractivity contribution in [1.82, 2.24) is 10.9 Å². The molecule has 46 valence electrons. The van der Waals surface area contributed by atoms with Gasteiger partial charge in [-0.2, -0.15) is 0 Å². The highest BCUT2D eigenvalue weighted by atomic mass is 15.4. The number of hydrogen-bond donors (Lipinski definition) is 2. The van der Waals surface area contributed by atoms with Crippen LogP contribution < -0.4 is 10.9 Å². The Morgan fingerprint density at radius 2 is 2.25 bits per heavy atom. The van der Waals surface area contributed by atoms with Crippen LogP contribution in [0, 0.1) is 0 Å². The molecule has 0 aliphatic carbocycles. The van der Waals surface area contributed by atoms with Gasteiger partial charge in [0.05, 0.1) is 12.4 Å². The van der Waals surface area contributed by atoms with E-state index in [-0.39, 0.29) is 0 Å². The largest absolute Gasteiger partial charge is 0.312 e. The van der Waals surface area contributed by atoms with E-state index in [2.05, 4.69) is 29.7 Å². The minimum atomic E-state index is 0.399. The molecule has 3 heteroatoms. The Kier molecular flexibility index (Phi) is 1.48. The summed E-state index contributed by atoms with van der Waals surface area (Å²) in [6, 6.07) is 0.844. The molecule has 0 bridgehead atoms. The van der Waals surface area contributed by atoms with E-state index in [1.165, 1.54) is 0 Å². The van der Waals surface area contributed by atoms with Crippen LogP contribution in [-0.2, 0) is 0 Å². The standard InChI is InChI=1S/C5H11N3/c1-4-5(2)8-7-3-6-4/h3-5,8H,1-2H3,(H,6,7)/t4-,5+/m0/s1. The van der Waals surface area contributed by atoms with Gasteiger partial charge in [0.15, 0.2) is 0 Å². The van der Waals surface area contributed by atoms with Crippen LogP contribution >= 0.6 is 0 Å². The summed E-state index contributed by atoms with van der Waals surface area (Å²) in [6.07, 6.45) is 1.69. The maximum absolute atomic E-state index is 4.11. The van der Waals surface area contributed by atoms with Gasteiger partial charge in [-0.05, 0) is 13.8 Å².